The van der Waals surface area contributed by atoms with E-state index in [-0.39, 0.29) is 18.6 Å². The van der Waals surface area contributed by atoms with Crippen LogP contribution in [0.4, 0.5) is 0 Å². The van der Waals surface area contributed by atoms with Gasteiger partial charge in [0.25, 0.3) is 0 Å². The lowest BCUT2D eigenvalue weighted by Crippen LogP contribution is -2.37. The van der Waals surface area contributed by atoms with E-state index in [1.54, 1.807) is 0 Å². The number of carbonyl (C=O) groups is 1. The highest BCUT2D eigenvalue weighted by atomic mass is 16.3. The molecule has 2 rings (SSSR count). The van der Waals surface area contributed by atoms with Crippen molar-refractivity contribution in [1.82, 2.24) is 4.90 Å². The van der Waals surface area contributed by atoms with Gasteiger partial charge in [0.1, 0.15) is 0 Å². The molecule has 1 aliphatic rings. The van der Waals surface area contributed by atoms with Gasteiger partial charge in [-0.2, -0.15) is 0 Å². The van der Waals surface area contributed by atoms with E-state index in [2.05, 4.69) is 31.2 Å². The maximum atomic E-state index is 12.1. The summed E-state index contributed by atoms with van der Waals surface area (Å²) in [6, 6.07) is 8.36. The van der Waals surface area contributed by atoms with E-state index >= 15 is 0 Å². The number of likely N-dealkylation sites (tertiary alicyclic amines) is 1. The van der Waals surface area contributed by atoms with Gasteiger partial charge in [-0.05, 0) is 31.7 Å². The number of aryl methyl sites for hydroxylation is 2. The van der Waals surface area contributed by atoms with E-state index in [1.807, 2.05) is 4.90 Å². The van der Waals surface area contributed by atoms with Crippen LogP contribution in [0, 0.1) is 6.92 Å². The van der Waals surface area contributed by atoms with Gasteiger partial charge in [0.05, 0.1) is 12.6 Å². The summed E-state index contributed by atoms with van der Waals surface area (Å²) in [7, 11) is 0. The highest BCUT2D eigenvalue weighted by Crippen LogP contribution is 2.18. The van der Waals surface area contributed by atoms with E-state index in [0.29, 0.717) is 6.42 Å². The van der Waals surface area contributed by atoms with Crippen molar-refractivity contribution in [3.8, 4) is 0 Å². The third-order valence-electron chi connectivity index (χ3n) is 3.66. The molecular weight excluding hydrogens is 226 g/mol. The van der Waals surface area contributed by atoms with Gasteiger partial charge in [0.2, 0.25) is 5.91 Å². The Morgan fingerprint density at radius 2 is 2.11 bits per heavy atom. The number of aliphatic hydroxyl groups excluding tert-OH is 1. The second kappa shape index (κ2) is 6.01. The van der Waals surface area contributed by atoms with Crippen molar-refractivity contribution >= 4 is 5.91 Å². The molecule has 0 radical (unpaired) electrons. The average molecular weight is 247 g/mol. The lowest BCUT2D eigenvalue weighted by atomic mass is 10.1. The minimum absolute atomic E-state index is 0.0514. The molecule has 0 spiro atoms. The van der Waals surface area contributed by atoms with Crippen molar-refractivity contribution in [2.75, 3.05) is 13.2 Å². The summed E-state index contributed by atoms with van der Waals surface area (Å²) in [5.74, 6) is 0.173. The number of hydrogen-bond donors (Lipinski definition) is 1. The van der Waals surface area contributed by atoms with Crippen LogP contribution in [0.25, 0.3) is 0 Å². The summed E-state index contributed by atoms with van der Waals surface area (Å²) < 4.78 is 0. The fraction of sp³-hybridized carbons (Fsp3) is 0.533. The molecule has 1 aromatic carbocycles. The van der Waals surface area contributed by atoms with E-state index in [0.717, 1.165) is 25.8 Å². The summed E-state index contributed by atoms with van der Waals surface area (Å²) in [5.41, 5.74) is 2.44. The fourth-order valence-corrected chi connectivity index (χ4v) is 2.50. The highest BCUT2D eigenvalue weighted by molar-refractivity contribution is 5.77. The molecule has 1 aliphatic heterocycles. The number of hydrogen-bond acceptors (Lipinski definition) is 2. The van der Waals surface area contributed by atoms with Crippen molar-refractivity contribution < 1.29 is 9.90 Å². The Kier molecular flexibility index (Phi) is 4.37. The van der Waals surface area contributed by atoms with Gasteiger partial charge in [-0.15, -0.1) is 0 Å². The topological polar surface area (TPSA) is 40.5 Å². The molecule has 1 heterocycles. The predicted molar refractivity (Wildman–Crippen MR) is 71.3 cm³/mol. The Morgan fingerprint density at radius 1 is 1.39 bits per heavy atom. The molecule has 3 nitrogen and oxygen atoms in total. The Bertz CT molecular complexity index is 399. The lowest BCUT2D eigenvalue weighted by molar-refractivity contribution is -0.132. The number of carbonyl (C=O) groups excluding carboxylic acids is 1. The van der Waals surface area contributed by atoms with Gasteiger partial charge < -0.3 is 10.0 Å². The molecule has 1 atom stereocenters. The molecule has 18 heavy (non-hydrogen) atoms. The molecule has 1 aromatic rings. The van der Waals surface area contributed by atoms with Gasteiger partial charge in [0, 0.05) is 13.0 Å². The quantitative estimate of drug-likeness (QED) is 0.883. The molecule has 1 amide bonds. The standard InChI is InChI=1S/C15H21NO2/c1-12-4-6-13(7-5-12)8-9-15(18)16-10-2-3-14(16)11-17/h4-7,14,17H,2-3,8-11H2,1H3/t14-/m1/s1. The van der Waals surface area contributed by atoms with Crippen molar-refractivity contribution in [2.45, 2.75) is 38.6 Å². The van der Waals surface area contributed by atoms with Crippen LogP contribution in [0.15, 0.2) is 24.3 Å². The number of nitrogens with zero attached hydrogens (tertiary/aromatic N) is 1. The van der Waals surface area contributed by atoms with E-state index in [1.165, 1.54) is 11.1 Å². The van der Waals surface area contributed by atoms with Crippen LogP contribution >= 0.6 is 0 Å². The normalized spacial score (nSPS) is 19.2. The van der Waals surface area contributed by atoms with Crippen molar-refractivity contribution in [1.29, 1.82) is 0 Å². The van der Waals surface area contributed by atoms with Crippen LogP contribution in [-0.4, -0.2) is 35.1 Å². The molecule has 0 saturated carbocycles. The smallest absolute Gasteiger partial charge is 0.223 e. The van der Waals surface area contributed by atoms with Crippen LogP contribution < -0.4 is 0 Å². The molecule has 0 aromatic heterocycles. The second-order valence-electron chi connectivity index (χ2n) is 5.05. The maximum absolute atomic E-state index is 12.1. The third-order valence-corrected chi connectivity index (χ3v) is 3.66. The van der Waals surface area contributed by atoms with Gasteiger partial charge in [-0.1, -0.05) is 29.8 Å². The Morgan fingerprint density at radius 3 is 2.78 bits per heavy atom. The lowest BCUT2D eigenvalue weighted by Gasteiger charge is -2.23. The molecule has 98 valence electrons. The first-order valence-corrected chi connectivity index (χ1v) is 6.66. The van der Waals surface area contributed by atoms with Gasteiger partial charge in [-0.3, -0.25) is 4.79 Å². The van der Waals surface area contributed by atoms with E-state index in [9.17, 15) is 9.90 Å². The summed E-state index contributed by atoms with van der Waals surface area (Å²) in [5, 5.41) is 9.21. The summed E-state index contributed by atoms with van der Waals surface area (Å²) in [4.78, 5) is 13.9. The number of benzene rings is 1. The number of aliphatic hydroxyl groups is 1. The van der Waals surface area contributed by atoms with E-state index in [4.69, 9.17) is 0 Å². The zero-order valence-electron chi connectivity index (χ0n) is 10.9. The zero-order valence-corrected chi connectivity index (χ0v) is 10.9. The molecule has 0 aliphatic carbocycles. The van der Waals surface area contributed by atoms with E-state index < -0.39 is 0 Å². The van der Waals surface area contributed by atoms with Crippen LogP contribution in [0.5, 0.6) is 0 Å². The van der Waals surface area contributed by atoms with Crippen molar-refractivity contribution in [2.24, 2.45) is 0 Å². The SMILES string of the molecule is Cc1ccc(CCC(=O)N2CCC[C@@H]2CO)cc1. The highest BCUT2D eigenvalue weighted by Gasteiger charge is 2.27. The monoisotopic (exact) mass is 247 g/mol. The number of rotatable bonds is 4. The summed E-state index contributed by atoms with van der Waals surface area (Å²) >= 11 is 0. The minimum atomic E-state index is 0.0514. The number of amides is 1. The molecule has 1 saturated heterocycles. The molecule has 1 N–H and O–H groups in total. The Balaban J connectivity index is 1.86. The molecule has 3 heteroatoms. The molecule has 1 fully saturated rings. The average Bonchev–Trinajstić information content (AvgIpc) is 2.86. The van der Waals surface area contributed by atoms with Crippen LogP contribution in [0.3, 0.4) is 0 Å². The maximum Gasteiger partial charge on any atom is 0.223 e. The van der Waals surface area contributed by atoms with Gasteiger partial charge >= 0.3 is 0 Å². The van der Waals surface area contributed by atoms with Crippen LogP contribution in [-0.2, 0) is 11.2 Å². The minimum Gasteiger partial charge on any atom is -0.394 e. The van der Waals surface area contributed by atoms with Gasteiger partial charge in [-0.25, -0.2) is 0 Å². The zero-order chi connectivity index (χ0) is 13.0. The largest absolute Gasteiger partial charge is 0.394 e. The Hall–Kier alpha value is -1.35. The van der Waals surface area contributed by atoms with Crippen LogP contribution in [0.2, 0.25) is 0 Å². The molecule has 0 bridgehead atoms. The van der Waals surface area contributed by atoms with Crippen molar-refractivity contribution in [3.63, 3.8) is 0 Å². The molecular formula is C15H21NO2. The fourth-order valence-electron chi connectivity index (χ4n) is 2.50. The Labute approximate surface area is 108 Å². The first kappa shape index (κ1) is 13.1. The second-order valence-corrected chi connectivity index (χ2v) is 5.05. The third kappa shape index (κ3) is 3.10. The summed E-state index contributed by atoms with van der Waals surface area (Å²) in [6.07, 6.45) is 3.28. The predicted octanol–water partition coefficient (Wildman–Crippen LogP) is 1.91. The molecule has 0 unspecified atom stereocenters. The van der Waals surface area contributed by atoms with Crippen molar-refractivity contribution in [3.05, 3.63) is 35.4 Å². The first-order valence-electron chi connectivity index (χ1n) is 6.66. The van der Waals surface area contributed by atoms with Gasteiger partial charge in [0.15, 0.2) is 0 Å². The summed E-state index contributed by atoms with van der Waals surface area (Å²) in [6.45, 7) is 2.96. The first-order chi connectivity index (χ1) is 8.70. The van der Waals surface area contributed by atoms with Crippen LogP contribution in [0.1, 0.15) is 30.4 Å².